The molecular weight excluding hydrogens is 408 g/mol. The van der Waals surface area contributed by atoms with E-state index in [9.17, 15) is 14.4 Å². The van der Waals surface area contributed by atoms with Crippen LogP contribution in [0, 0.1) is 0 Å². The number of ether oxygens (including phenoxy) is 2. The number of likely N-dealkylation sites (tertiary alicyclic amines) is 2. The molecule has 0 aromatic heterocycles. The topological polar surface area (TPSA) is 76.2 Å². The van der Waals surface area contributed by atoms with Crippen molar-refractivity contribution in [3.8, 4) is 0 Å². The van der Waals surface area contributed by atoms with Crippen molar-refractivity contribution < 1.29 is 23.9 Å². The molecule has 0 bridgehead atoms. The Hall–Kier alpha value is -3.35. The molecule has 32 heavy (non-hydrogen) atoms. The predicted molar refractivity (Wildman–Crippen MR) is 116 cm³/mol. The zero-order chi connectivity index (χ0) is 22.3. The molecule has 3 aliphatic heterocycles. The number of amides is 2. The van der Waals surface area contributed by atoms with E-state index < -0.39 is 5.60 Å². The molecule has 166 valence electrons. The number of carbonyl (C=O) groups is 3. The van der Waals surface area contributed by atoms with Gasteiger partial charge in [-0.05, 0) is 42.5 Å². The van der Waals surface area contributed by atoms with E-state index in [0.29, 0.717) is 49.6 Å². The number of carbonyl (C=O) groups excluding carboxylic acids is 3. The Balaban J connectivity index is 1.25. The minimum absolute atomic E-state index is 0.0469. The first-order chi connectivity index (χ1) is 15.5. The van der Waals surface area contributed by atoms with E-state index in [1.54, 1.807) is 15.9 Å². The maximum absolute atomic E-state index is 13.1. The number of hydrogen-bond acceptors (Lipinski definition) is 5. The Morgan fingerprint density at radius 2 is 1.72 bits per heavy atom. The van der Waals surface area contributed by atoms with Gasteiger partial charge in [0.1, 0.15) is 0 Å². The Morgan fingerprint density at radius 1 is 1.00 bits per heavy atom. The van der Waals surface area contributed by atoms with E-state index in [1.807, 2.05) is 42.5 Å². The summed E-state index contributed by atoms with van der Waals surface area (Å²) in [5, 5.41) is 0. The quantitative estimate of drug-likeness (QED) is 0.676. The summed E-state index contributed by atoms with van der Waals surface area (Å²) in [6.45, 7) is 2.28. The third-order valence-corrected chi connectivity index (χ3v) is 7.00. The molecule has 3 heterocycles. The largest absolute Gasteiger partial charge is 0.453 e. The number of fused-ring (bicyclic) bond motifs is 2. The molecule has 0 unspecified atom stereocenters. The SMILES string of the molecule is COC(=O)N1CCC(c2ccc(C(=O)N3CC[C@@]4(C3)OC(=O)c3ccccc34)cc2)CC1. The number of rotatable bonds is 2. The smallest absolute Gasteiger partial charge is 0.409 e. The van der Waals surface area contributed by atoms with Gasteiger partial charge in [-0.2, -0.15) is 0 Å². The maximum atomic E-state index is 13.1. The van der Waals surface area contributed by atoms with Gasteiger partial charge in [0.15, 0.2) is 5.60 Å². The van der Waals surface area contributed by atoms with Crippen molar-refractivity contribution in [1.29, 1.82) is 0 Å². The lowest BCUT2D eigenvalue weighted by molar-refractivity contribution is -0.00306. The summed E-state index contributed by atoms with van der Waals surface area (Å²) in [6, 6.07) is 15.2. The van der Waals surface area contributed by atoms with Crippen LogP contribution in [-0.2, 0) is 15.1 Å². The highest BCUT2D eigenvalue weighted by molar-refractivity contribution is 5.96. The molecule has 2 fully saturated rings. The predicted octanol–water partition coefficient (Wildman–Crippen LogP) is 3.54. The van der Waals surface area contributed by atoms with E-state index in [2.05, 4.69) is 0 Å². The zero-order valence-corrected chi connectivity index (χ0v) is 18.1. The van der Waals surface area contributed by atoms with Gasteiger partial charge in [-0.25, -0.2) is 9.59 Å². The first-order valence-electron chi connectivity index (χ1n) is 11.1. The normalized spacial score (nSPS) is 22.7. The highest BCUT2D eigenvalue weighted by atomic mass is 16.6. The number of esters is 1. The van der Waals surface area contributed by atoms with Crippen LogP contribution in [-0.4, -0.2) is 61.1 Å². The maximum Gasteiger partial charge on any atom is 0.409 e. The van der Waals surface area contributed by atoms with Crippen LogP contribution in [0.4, 0.5) is 4.79 Å². The molecule has 7 heteroatoms. The van der Waals surface area contributed by atoms with Crippen molar-refractivity contribution in [2.75, 3.05) is 33.3 Å². The van der Waals surface area contributed by atoms with Crippen LogP contribution < -0.4 is 0 Å². The summed E-state index contributed by atoms with van der Waals surface area (Å²) in [5.41, 5.74) is 2.58. The third-order valence-electron chi connectivity index (χ3n) is 7.00. The monoisotopic (exact) mass is 434 g/mol. The zero-order valence-electron chi connectivity index (χ0n) is 18.1. The lowest BCUT2D eigenvalue weighted by Crippen LogP contribution is -2.37. The van der Waals surface area contributed by atoms with Gasteiger partial charge in [0.25, 0.3) is 5.91 Å². The summed E-state index contributed by atoms with van der Waals surface area (Å²) >= 11 is 0. The first kappa shape index (κ1) is 20.5. The molecule has 7 nitrogen and oxygen atoms in total. The van der Waals surface area contributed by atoms with Gasteiger partial charge in [-0.3, -0.25) is 4.79 Å². The summed E-state index contributed by atoms with van der Waals surface area (Å²) in [5.74, 6) is 0.0105. The van der Waals surface area contributed by atoms with Crippen LogP contribution in [0.2, 0.25) is 0 Å². The highest BCUT2D eigenvalue weighted by Crippen LogP contribution is 2.43. The van der Waals surface area contributed by atoms with Gasteiger partial charge in [-0.15, -0.1) is 0 Å². The number of methoxy groups -OCH3 is 1. The molecule has 3 aliphatic rings. The van der Waals surface area contributed by atoms with Crippen LogP contribution in [0.25, 0.3) is 0 Å². The third kappa shape index (κ3) is 3.42. The second kappa shape index (κ2) is 7.97. The summed E-state index contributed by atoms with van der Waals surface area (Å²) in [6.07, 6.45) is 2.09. The fourth-order valence-electron chi connectivity index (χ4n) is 5.21. The van der Waals surface area contributed by atoms with E-state index >= 15 is 0 Å². The molecule has 2 saturated heterocycles. The van der Waals surface area contributed by atoms with Crippen molar-refractivity contribution in [2.24, 2.45) is 0 Å². The molecule has 0 aliphatic carbocycles. The molecule has 0 saturated carbocycles. The van der Waals surface area contributed by atoms with Crippen LogP contribution in [0.5, 0.6) is 0 Å². The van der Waals surface area contributed by atoms with Crippen molar-refractivity contribution in [1.82, 2.24) is 9.80 Å². The van der Waals surface area contributed by atoms with Gasteiger partial charge < -0.3 is 19.3 Å². The second-order valence-electron chi connectivity index (χ2n) is 8.76. The van der Waals surface area contributed by atoms with Crippen molar-refractivity contribution >= 4 is 18.0 Å². The number of nitrogens with zero attached hydrogens (tertiary/aromatic N) is 2. The van der Waals surface area contributed by atoms with Gasteiger partial charge >= 0.3 is 12.1 Å². The van der Waals surface area contributed by atoms with Crippen LogP contribution in [0.3, 0.4) is 0 Å². The number of piperidine rings is 1. The molecule has 5 rings (SSSR count). The minimum Gasteiger partial charge on any atom is -0.453 e. The lowest BCUT2D eigenvalue weighted by atomic mass is 9.89. The van der Waals surface area contributed by atoms with Gasteiger partial charge in [-0.1, -0.05) is 30.3 Å². The highest BCUT2D eigenvalue weighted by Gasteiger charge is 2.50. The van der Waals surface area contributed by atoms with E-state index in [1.165, 1.54) is 12.7 Å². The summed E-state index contributed by atoms with van der Waals surface area (Å²) in [7, 11) is 1.40. The Bertz CT molecular complexity index is 1060. The molecule has 1 spiro atoms. The average Bonchev–Trinajstić information content (AvgIpc) is 3.39. The van der Waals surface area contributed by atoms with Crippen molar-refractivity contribution in [3.05, 3.63) is 70.8 Å². The Labute approximate surface area is 186 Å². The van der Waals surface area contributed by atoms with Crippen LogP contribution >= 0.6 is 0 Å². The number of benzene rings is 2. The molecular formula is C25H26N2O5. The van der Waals surface area contributed by atoms with E-state index in [0.717, 1.165) is 18.4 Å². The Morgan fingerprint density at radius 3 is 2.44 bits per heavy atom. The standard InChI is InChI=1S/C25H26N2O5/c1-31-24(30)26-13-10-18(11-14-26)17-6-8-19(9-7-17)22(28)27-15-12-25(16-27)21-5-3-2-4-20(21)23(29)32-25/h2-9,18H,10-16H2,1H3/t25-/m0/s1. The molecule has 0 radical (unpaired) electrons. The molecule has 1 atom stereocenters. The van der Waals surface area contributed by atoms with Gasteiger partial charge in [0, 0.05) is 37.2 Å². The first-order valence-corrected chi connectivity index (χ1v) is 11.1. The summed E-state index contributed by atoms with van der Waals surface area (Å²) < 4.78 is 10.6. The van der Waals surface area contributed by atoms with E-state index in [4.69, 9.17) is 9.47 Å². The fourth-order valence-corrected chi connectivity index (χ4v) is 5.21. The van der Waals surface area contributed by atoms with Crippen molar-refractivity contribution in [2.45, 2.75) is 30.8 Å². The number of hydrogen-bond donors (Lipinski definition) is 0. The summed E-state index contributed by atoms with van der Waals surface area (Å²) in [4.78, 5) is 40.6. The second-order valence-corrected chi connectivity index (χ2v) is 8.76. The lowest BCUT2D eigenvalue weighted by Gasteiger charge is -2.31. The average molecular weight is 434 g/mol. The molecule has 2 amide bonds. The van der Waals surface area contributed by atoms with Gasteiger partial charge in [0.2, 0.25) is 0 Å². The Kier molecular flexibility index (Phi) is 5.12. The molecule has 2 aromatic carbocycles. The van der Waals surface area contributed by atoms with E-state index in [-0.39, 0.29) is 18.0 Å². The fraction of sp³-hybridized carbons (Fsp3) is 0.400. The van der Waals surface area contributed by atoms with Crippen LogP contribution in [0.1, 0.15) is 57.0 Å². The molecule has 2 aromatic rings. The molecule has 0 N–H and O–H groups in total. The minimum atomic E-state index is -0.725. The van der Waals surface area contributed by atoms with Crippen molar-refractivity contribution in [3.63, 3.8) is 0 Å². The van der Waals surface area contributed by atoms with Gasteiger partial charge in [0.05, 0.1) is 19.2 Å². The van der Waals surface area contributed by atoms with Crippen LogP contribution in [0.15, 0.2) is 48.5 Å².